The number of aromatic nitrogens is 1. The molecule has 148 valence electrons. The molecule has 0 fully saturated rings. The largest absolute Gasteiger partial charge is 0.457 e. The van der Waals surface area contributed by atoms with Crippen LogP contribution in [-0.4, -0.2) is 10.5 Å². The molecular weight excluding hydrogens is 406 g/mol. The van der Waals surface area contributed by atoms with Crippen LogP contribution in [0.25, 0.3) is 10.2 Å². The molecule has 0 radical (unpaired) electrons. The zero-order valence-electron chi connectivity index (χ0n) is 15.5. The molecule has 4 nitrogen and oxygen atoms in total. The Bertz CT molecular complexity index is 1350. The van der Waals surface area contributed by atoms with E-state index in [1.54, 1.807) is 36.4 Å². The van der Waals surface area contributed by atoms with Gasteiger partial charge in [0.05, 0.1) is 16.8 Å². The number of hydrogen-bond acceptors (Lipinski definition) is 3. The van der Waals surface area contributed by atoms with E-state index in [1.807, 2.05) is 18.2 Å². The number of benzene rings is 3. The monoisotopic (exact) mass is 420 g/mol. The maximum atomic E-state index is 14.3. The van der Waals surface area contributed by atoms with E-state index in [1.165, 1.54) is 10.6 Å². The molecule has 0 saturated carbocycles. The van der Waals surface area contributed by atoms with Gasteiger partial charge in [0.2, 0.25) is 0 Å². The quantitative estimate of drug-likeness (QED) is 0.429. The third kappa shape index (κ3) is 4.00. The maximum Gasteiger partial charge on any atom is 0.279 e. The average molecular weight is 420 g/mol. The molecule has 0 unspecified atom stereocenters. The Morgan fingerprint density at radius 1 is 1.07 bits per heavy atom. The summed E-state index contributed by atoms with van der Waals surface area (Å²) in [6.45, 7) is -0.00811. The molecule has 1 aromatic heterocycles. The molecule has 0 spiro atoms. The number of para-hydroxylation sites is 1. The van der Waals surface area contributed by atoms with Gasteiger partial charge in [-0.15, -0.1) is 6.42 Å². The van der Waals surface area contributed by atoms with Crippen molar-refractivity contribution in [1.29, 1.82) is 0 Å². The first-order chi connectivity index (χ1) is 14.5. The van der Waals surface area contributed by atoms with Crippen molar-refractivity contribution in [2.45, 2.75) is 6.54 Å². The van der Waals surface area contributed by atoms with E-state index in [0.717, 1.165) is 17.4 Å². The Hall–Kier alpha value is -3.76. The fraction of sp³-hybridized carbons (Fsp3) is 0.0435. The lowest BCUT2D eigenvalue weighted by atomic mass is 10.2. The fourth-order valence-corrected chi connectivity index (χ4v) is 3.99. The third-order valence-corrected chi connectivity index (χ3v) is 5.23. The molecule has 4 aromatic rings. The summed E-state index contributed by atoms with van der Waals surface area (Å²) in [6, 6.07) is 17.7. The van der Waals surface area contributed by atoms with Crippen LogP contribution in [0.3, 0.4) is 0 Å². The second kappa shape index (κ2) is 8.31. The predicted molar refractivity (Wildman–Crippen MR) is 111 cm³/mol. The van der Waals surface area contributed by atoms with Crippen LogP contribution in [0.1, 0.15) is 10.4 Å². The van der Waals surface area contributed by atoms with Crippen LogP contribution in [0.4, 0.5) is 8.78 Å². The summed E-state index contributed by atoms with van der Waals surface area (Å²) in [6.07, 6.45) is 5.39. The van der Waals surface area contributed by atoms with E-state index in [-0.39, 0.29) is 16.9 Å². The highest BCUT2D eigenvalue weighted by molar-refractivity contribution is 7.16. The number of rotatable bonds is 4. The minimum absolute atomic E-state index is 0.00811. The van der Waals surface area contributed by atoms with Gasteiger partial charge in [-0.2, -0.15) is 4.99 Å². The maximum absolute atomic E-state index is 14.3. The van der Waals surface area contributed by atoms with Gasteiger partial charge in [-0.1, -0.05) is 41.5 Å². The van der Waals surface area contributed by atoms with Crippen LogP contribution in [-0.2, 0) is 6.54 Å². The number of fused-ring (bicyclic) bond motifs is 1. The SMILES string of the molecule is C#CCn1c(=NC(=O)c2cccc(Oc3ccccc3)c2)sc2cc(F)cc(F)c21. The second-order valence-electron chi connectivity index (χ2n) is 6.27. The van der Waals surface area contributed by atoms with Crippen molar-refractivity contribution in [2.75, 3.05) is 0 Å². The van der Waals surface area contributed by atoms with Gasteiger partial charge in [-0.3, -0.25) is 4.79 Å². The van der Waals surface area contributed by atoms with Crippen LogP contribution < -0.4 is 9.54 Å². The standard InChI is InChI=1S/C23H14F2N2O2S/c1-2-11-27-21-19(25)13-16(24)14-20(21)30-23(27)26-22(28)15-7-6-10-18(12-15)29-17-8-4-3-5-9-17/h1,3-10,12-14H,11H2. The lowest BCUT2D eigenvalue weighted by molar-refractivity contribution is 0.0997. The zero-order chi connectivity index (χ0) is 21.1. The van der Waals surface area contributed by atoms with Gasteiger partial charge in [-0.05, 0) is 36.4 Å². The van der Waals surface area contributed by atoms with Gasteiger partial charge >= 0.3 is 0 Å². The minimum atomic E-state index is -0.761. The number of carbonyl (C=O) groups is 1. The van der Waals surface area contributed by atoms with E-state index in [0.29, 0.717) is 21.8 Å². The summed E-state index contributed by atoms with van der Waals surface area (Å²) in [4.78, 5) is 17.0. The van der Waals surface area contributed by atoms with E-state index in [2.05, 4.69) is 10.9 Å². The van der Waals surface area contributed by atoms with E-state index in [9.17, 15) is 13.6 Å². The molecule has 0 aliphatic heterocycles. The lowest BCUT2D eigenvalue weighted by Crippen LogP contribution is -2.17. The molecule has 0 aliphatic carbocycles. The van der Waals surface area contributed by atoms with Crippen LogP contribution in [0.5, 0.6) is 11.5 Å². The van der Waals surface area contributed by atoms with Gasteiger partial charge in [-0.25, -0.2) is 8.78 Å². The van der Waals surface area contributed by atoms with Gasteiger partial charge in [0.15, 0.2) is 10.6 Å². The molecule has 3 aromatic carbocycles. The highest BCUT2D eigenvalue weighted by Gasteiger charge is 2.14. The summed E-state index contributed by atoms with van der Waals surface area (Å²) in [5.41, 5.74) is 0.409. The van der Waals surface area contributed by atoms with Crippen LogP contribution in [0, 0.1) is 24.0 Å². The van der Waals surface area contributed by atoms with Crippen LogP contribution in [0.2, 0.25) is 0 Å². The molecule has 0 atom stereocenters. The lowest BCUT2D eigenvalue weighted by Gasteiger charge is -2.06. The number of thiazole rings is 1. The summed E-state index contributed by atoms with van der Waals surface area (Å²) in [5, 5.41) is 0. The average Bonchev–Trinajstić information content (AvgIpc) is 3.06. The summed E-state index contributed by atoms with van der Waals surface area (Å²) in [7, 11) is 0. The molecule has 30 heavy (non-hydrogen) atoms. The first-order valence-electron chi connectivity index (χ1n) is 8.89. The van der Waals surface area contributed by atoms with E-state index in [4.69, 9.17) is 11.2 Å². The number of halogens is 2. The van der Waals surface area contributed by atoms with Crippen molar-refractivity contribution in [3.8, 4) is 23.8 Å². The van der Waals surface area contributed by atoms with Crippen molar-refractivity contribution in [3.63, 3.8) is 0 Å². The van der Waals surface area contributed by atoms with Crippen molar-refractivity contribution in [1.82, 2.24) is 4.57 Å². The number of amides is 1. The Morgan fingerprint density at radius 2 is 1.83 bits per heavy atom. The fourth-order valence-electron chi connectivity index (χ4n) is 2.92. The van der Waals surface area contributed by atoms with Gasteiger partial charge in [0.25, 0.3) is 5.91 Å². The molecule has 1 heterocycles. The normalized spacial score (nSPS) is 11.4. The third-order valence-electron chi connectivity index (χ3n) is 4.20. The number of terminal acetylenes is 1. The molecule has 0 N–H and O–H groups in total. The number of carbonyl (C=O) groups excluding carboxylic acids is 1. The molecule has 0 aliphatic rings. The first-order valence-corrected chi connectivity index (χ1v) is 9.70. The van der Waals surface area contributed by atoms with Gasteiger partial charge in [0.1, 0.15) is 17.3 Å². The predicted octanol–water partition coefficient (Wildman–Crippen LogP) is 5.15. The first kappa shape index (κ1) is 19.6. The van der Waals surface area contributed by atoms with Crippen LogP contribution >= 0.6 is 11.3 Å². The number of nitrogens with zero attached hydrogens (tertiary/aromatic N) is 2. The Kier molecular flexibility index (Phi) is 5.42. The topological polar surface area (TPSA) is 43.6 Å². The molecule has 7 heteroatoms. The number of hydrogen-bond donors (Lipinski definition) is 0. The van der Waals surface area contributed by atoms with E-state index < -0.39 is 17.5 Å². The molecule has 0 bridgehead atoms. The highest BCUT2D eigenvalue weighted by atomic mass is 32.1. The molecular formula is C23H14F2N2O2S. The van der Waals surface area contributed by atoms with Gasteiger partial charge in [0, 0.05) is 11.6 Å². The Balaban J connectivity index is 1.73. The molecule has 1 amide bonds. The highest BCUT2D eigenvalue weighted by Crippen LogP contribution is 2.24. The smallest absolute Gasteiger partial charge is 0.279 e. The van der Waals surface area contributed by atoms with Crippen molar-refractivity contribution >= 4 is 27.5 Å². The van der Waals surface area contributed by atoms with Crippen LogP contribution in [0.15, 0.2) is 71.7 Å². The second-order valence-corrected chi connectivity index (χ2v) is 7.28. The van der Waals surface area contributed by atoms with Gasteiger partial charge < -0.3 is 9.30 Å². The Morgan fingerprint density at radius 3 is 2.60 bits per heavy atom. The molecule has 0 saturated heterocycles. The summed E-state index contributed by atoms with van der Waals surface area (Å²) in [5.74, 6) is 1.50. The summed E-state index contributed by atoms with van der Waals surface area (Å²) < 4.78 is 35.3. The molecule has 4 rings (SSSR count). The summed E-state index contributed by atoms with van der Waals surface area (Å²) >= 11 is 0.991. The van der Waals surface area contributed by atoms with Crippen molar-refractivity contribution in [2.24, 2.45) is 4.99 Å². The van der Waals surface area contributed by atoms with Crippen molar-refractivity contribution < 1.29 is 18.3 Å². The zero-order valence-corrected chi connectivity index (χ0v) is 16.3. The Labute approximate surface area is 174 Å². The van der Waals surface area contributed by atoms with E-state index >= 15 is 0 Å². The minimum Gasteiger partial charge on any atom is -0.457 e. The van der Waals surface area contributed by atoms with Crippen molar-refractivity contribution in [3.05, 3.63) is 88.7 Å². The number of ether oxygens (including phenoxy) is 1.